The van der Waals surface area contributed by atoms with Gasteiger partial charge in [0.25, 0.3) is 0 Å². The van der Waals surface area contributed by atoms with Crippen LogP contribution in [0.15, 0.2) is 18.5 Å². The molecule has 6 nitrogen and oxygen atoms in total. The zero-order valence-corrected chi connectivity index (χ0v) is 14.0. The van der Waals surface area contributed by atoms with Crippen molar-refractivity contribution in [3.63, 3.8) is 0 Å². The van der Waals surface area contributed by atoms with Crippen LogP contribution in [0.1, 0.15) is 36.6 Å². The molecule has 2 aromatic heterocycles. The molecule has 1 aliphatic rings. The van der Waals surface area contributed by atoms with E-state index in [0.29, 0.717) is 30.2 Å². The number of amides is 1. The highest BCUT2D eigenvalue weighted by atomic mass is 35.5. The lowest BCUT2D eigenvalue weighted by Crippen LogP contribution is -2.30. The van der Waals surface area contributed by atoms with E-state index in [9.17, 15) is 18.0 Å². The number of carbonyl (C=O) groups is 1. The lowest BCUT2D eigenvalue weighted by atomic mass is 10.2. The first-order chi connectivity index (χ1) is 11.8. The average molecular weight is 376 g/mol. The van der Waals surface area contributed by atoms with E-state index in [2.05, 4.69) is 15.5 Å². The monoisotopic (exact) mass is 375 g/mol. The molecule has 0 spiro atoms. The van der Waals surface area contributed by atoms with Crippen LogP contribution in [0.5, 0.6) is 0 Å². The summed E-state index contributed by atoms with van der Waals surface area (Å²) in [6, 6.07) is 1.05. The molecule has 1 aliphatic carbocycles. The quantitative estimate of drug-likeness (QED) is 0.757. The molecule has 0 bridgehead atoms. The molecule has 1 N–H and O–H groups in total. The van der Waals surface area contributed by atoms with Gasteiger partial charge in [-0.3, -0.25) is 14.2 Å². The molecule has 1 saturated carbocycles. The maximum absolute atomic E-state index is 12.8. The van der Waals surface area contributed by atoms with Crippen LogP contribution in [0.25, 0.3) is 0 Å². The summed E-state index contributed by atoms with van der Waals surface area (Å²) in [6.45, 7) is 0.762. The summed E-state index contributed by atoms with van der Waals surface area (Å²) in [5.41, 5.74) is -0.466. The molecule has 0 aromatic carbocycles. The van der Waals surface area contributed by atoms with Crippen LogP contribution < -0.4 is 5.32 Å². The van der Waals surface area contributed by atoms with Crippen molar-refractivity contribution in [1.29, 1.82) is 0 Å². The van der Waals surface area contributed by atoms with Gasteiger partial charge in [-0.15, -0.1) is 0 Å². The van der Waals surface area contributed by atoms with Gasteiger partial charge >= 0.3 is 6.18 Å². The molecular formula is C15H17ClF3N5O. The Kier molecular flexibility index (Phi) is 5.03. The second-order valence-electron chi connectivity index (χ2n) is 6.01. The van der Waals surface area contributed by atoms with Crippen LogP contribution in [0.3, 0.4) is 0 Å². The van der Waals surface area contributed by atoms with Gasteiger partial charge in [-0.05, 0) is 25.3 Å². The van der Waals surface area contributed by atoms with Gasteiger partial charge in [-0.1, -0.05) is 11.6 Å². The summed E-state index contributed by atoms with van der Waals surface area (Å²) in [5.74, 6) is -0.293. The lowest BCUT2D eigenvalue weighted by molar-refractivity contribution is -0.141. The van der Waals surface area contributed by atoms with E-state index in [-0.39, 0.29) is 18.4 Å². The number of aromatic nitrogens is 4. The van der Waals surface area contributed by atoms with E-state index in [1.54, 1.807) is 10.9 Å². The minimum Gasteiger partial charge on any atom is -0.354 e. The zero-order valence-electron chi connectivity index (χ0n) is 13.3. The third-order valence-electron chi connectivity index (χ3n) is 3.88. The average Bonchev–Trinajstić information content (AvgIpc) is 3.15. The van der Waals surface area contributed by atoms with Crippen LogP contribution in [-0.2, 0) is 24.1 Å². The Morgan fingerprint density at radius 3 is 2.76 bits per heavy atom. The number of hydrogen-bond acceptors (Lipinski definition) is 3. The molecule has 1 fully saturated rings. The standard InChI is InChI=1S/C15H17ClF3N5O/c16-11-7-21-23(8-11)5-1-4-20-14(25)9-24-12(10-2-3-10)6-13(22-24)15(17,18)19/h6-8,10H,1-5,9H2,(H,20,25). The smallest absolute Gasteiger partial charge is 0.354 e. The second kappa shape index (κ2) is 7.07. The first kappa shape index (κ1) is 17.8. The zero-order chi connectivity index (χ0) is 18.0. The number of nitrogens with zero attached hydrogens (tertiary/aromatic N) is 4. The molecule has 2 heterocycles. The van der Waals surface area contributed by atoms with Crippen molar-refractivity contribution in [3.8, 4) is 0 Å². The highest BCUT2D eigenvalue weighted by Gasteiger charge is 2.38. The number of hydrogen-bond donors (Lipinski definition) is 1. The number of nitrogens with one attached hydrogen (secondary N) is 1. The van der Waals surface area contributed by atoms with Gasteiger partial charge in [0.05, 0.1) is 11.2 Å². The minimum absolute atomic E-state index is 0.0703. The van der Waals surface area contributed by atoms with Gasteiger partial charge in [0.1, 0.15) is 6.54 Å². The molecule has 3 rings (SSSR count). The number of carbonyl (C=O) groups excluding carboxylic acids is 1. The Hall–Kier alpha value is -2.03. The van der Waals surface area contributed by atoms with E-state index >= 15 is 0 Å². The molecule has 136 valence electrons. The minimum atomic E-state index is -4.50. The molecule has 1 amide bonds. The van der Waals surface area contributed by atoms with E-state index < -0.39 is 11.9 Å². The third-order valence-corrected chi connectivity index (χ3v) is 4.07. The van der Waals surface area contributed by atoms with E-state index in [1.807, 2.05) is 0 Å². The fourth-order valence-corrected chi connectivity index (χ4v) is 2.68. The second-order valence-corrected chi connectivity index (χ2v) is 6.45. The lowest BCUT2D eigenvalue weighted by Gasteiger charge is -2.08. The molecule has 0 radical (unpaired) electrons. The number of aryl methyl sites for hydroxylation is 1. The third kappa shape index (κ3) is 4.75. The molecule has 0 aliphatic heterocycles. The van der Waals surface area contributed by atoms with Gasteiger partial charge in [0.15, 0.2) is 5.69 Å². The Bertz CT molecular complexity index is 751. The van der Waals surface area contributed by atoms with Crippen LogP contribution in [-0.4, -0.2) is 32.0 Å². The van der Waals surface area contributed by atoms with Gasteiger partial charge in [0, 0.05) is 30.9 Å². The van der Waals surface area contributed by atoms with Crippen LogP contribution in [0.4, 0.5) is 13.2 Å². The Morgan fingerprint density at radius 1 is 1.40 bits per heavy atom. The van der Waals surface area contributed by atoms with Gasteiger partial charge in [-0.25, -0.2) is 0 Å². The van der Waals surface area contributed by atoms with Crippen molar-refractivity contribution in [2.24, 2.45) is 0 Å². The van der Waals surface area contributed by atoms with E-state index in [1.165, 1.54) is 10.9 Å². The molecule has 0 atom stereocenters. The van der Waals surface area contributed by atoms with Crippen LogP contribution in [0.2, 0.25) is 5.02 Å². The van der Waals surface area contributed by atoms with Crippen molar-refractivity contribution in [2.75, 3.05) is 6.54 Å². The first-order valence-corrected chi connectivity index (χ1v) is 8.30. The highest BCUT2D eigenvalue weighted by Crippen LogP contribution is 2.42. The summed E-state index contributed by atoms with van der Waals surface area (Å²) in [7, 11) is 0. The largest absolute Gasteiger partial charge is 0.435 e. The molecular weight excluding hydrogens is 359 g/mol. The Morgan fingerprint density at radius 2 is 2.16 bits per heavy atom. The molecule has 25 heavy (non-hydrogen) atoms. The van der Waals surface area contributed by atoms with E-state index in [4.69, 9.17) is 11.6 Å². The van der Waals surface area contributed by atoms with Crippen molar-refractivity contribution < 1.29 is 18.0 Å². The SMILES string of the molecule is O=C(Cn1nc(C(F)(F)F)cc1C1CC1)NCCCn1cc(Cl)cn1. The molecule has 0 unspecified atom stereocenters. The van der Waals surface area contributed by atoms with Crippen molar-refractivity contribution in [1.82, 2.24) is 24.9 Å². The number of halogens is 4. The predicted octanol–water partition coefficient (Wildman–Crippen LogP) is 2.84. The van der Waals surface area contributed by atoms with Crippen molar-refractivity contribution >= 4 is 17.5 Å². The summed E-state index contributed by atoms with van der Waals surface area (Å²) >= 11 is 5.75. The topological polar surface area (TPSA) is 64.7 Å². The normalized spacial score (nSPS) is 14.7. The summed E-state index contributed by atoms with van der Waals surface area (Å²) in [6.07, 6.45) is 0.986. The van der Waals surface area contributed by atoms with Gasteiger partial charge in [0.2, 0.25) is 5.91 Å². The van der Waals surface area contributed by atoms with Crippen LogP contribution >= 0.6 is 11.6 Å². The van der Waals surface area contributed by atoms with Gasteiger partial charge < -0.3 is 5.32 Å². The number of rotatable bonds is 7. The Balaban J connectivity index is 1.51. The maximum atomic E-state index is 12.8. The maximum Gasteiger partial charge on any atom is 0.435 e. The van der Waals surface area contributed by atoms with Crippen molar-refractivity contribution in [3.05, 3.63) is 34.9 Å². The van der Waals surface area contributed by atoms with Gasteiger partial charge in [-0.2, -0.15) is 23.4 Å². The molecule has 10 heteroatoms. The fraction of sp³-hybridized carbons (Fsp3) is 0.533. The van der Waals surface area contributed by atoms with Crippen molar-refractivity contribution in [2.45, 2.75) is 44.4 Å². The molecule has 0 saturated heterocycles. The predicted molar refractivity (Wildman–Crippen MR) is 84.1 cm³/mol. The number of alkyl halides is 3. The van der Waals surface area contributed by atoms with E-state index in [0.717, 1.165) is 18.9 Å². The Labute approximate surface area is 146 Å². The molecule has 2 aromatic rings. The summed E-state index contributed by atoms with van der Waals surface area (Å²) in [5, 5.41) is 10.8. The van der Waals surface area contributed by atoms with Crippen LogP contribution in [0, 0.1) is 0 Å². The fourth-order valence-electron chi connectivity index (χ4n) is 2.53. The summed E-state index contributed by atoms with van der Waals surface area (Å²) in [4.78, 5) is 12.0. The first-order valence-electron chi connectivity index (χ1n) is 7.92. The summed E-state index contributed by atoms with van der Waals surface area (Å²) < 4.78 is 41.3. The highest BCUT2D eigenvalue weighted by molar-refractivity contribution is 6.30.